The molecule has 0 aliphatic carbocycles. The molecule has 1 saturated heterocycles. The molecule has 0 aromatic carbocycles. The van der Waals surface area contributed by atoms with Crippen LogP contribution in [0.3, 0.4) is 0 Å². The number of rotatable bonds is 3. The van der Waals surface area contributed by atoms with Gasteiger partial charge in [0.25, 0.3) is 0 Å². The van der Waals surface area contributed by atoms with Gasteiger partial charge in [0.2, 0.25) is 11.7 Å². The Labute approximate surface area is 73.1 Å². The lowest BCUT2D eigenvalue weighted by Crippen LogP contribution is -2.52. The highest BCUT2D eigenvalue weighted by Gasteiger charge is 2.46. The molecule has 1 unspecified atom stereocenters. The van der Waals surface area contributed by atoms with E-state index in [1.165, 1.54) is 0 Å². The highest BCUT2D eigenvalue weighted by Crippen LogP contribution is 2.44. The maximum Gasteiger partial charge on any atom is 0.359 e. The lowest BCUT2D eigenvalue weighted by atomic mass is 10.2. The highest BCUT2D eigenvalue weighted by atomic mass is 31.2. The molecule has 0 spiro atoms. The van der Waals surface area contributed by atoms with Crippen LogP contribution in [0.5, 0.6) is 0 Å². The SMILES string of the molecule is O=C(O)C(N1CCC1=O)P(=O)(O)O. The zero-order valence-electron chi connectivity index (χ0n) is 6.45. The van der Waals surface area contributed by atoms with Crippen LogP contribution in [0.15, 0.2) is 0 Å². The summed E-state index contributed by atoms with van der Waals surface area (Å²) in [7, 11) is -4.79. The fraction of sp³-hybridized carbons (Fsp3) is 0.600. The lowest BCUT2D eigenvalue weighted by molar-refractivity contribution is -0.152. The van der Waals surface area contributed by atoms with Gasteiger partial charge in [-0.3, -0.25) is 9.36 Å². The van der Waals surface area contributed by atoms with Gasteiger partial charge in [0.05, 0.1) is 0 Å². The molecule has 1 amide bonds. The summed E-state index contributed by atoms with van der Waals surface area (Å²) in [5, 5.41) is 8.48. The number of carboxylic acids is 1. The summed E-state index contributed by atoms with van der Waals surface area (Å²) in [5.41, 5.74) is 0. The number of amides is 1. The average Bonchev–Trinajstić information content (AvgIpc) is 1.93. The number of β-lactam (4-membered cyclic amide) rings is 1. The first-order valence-electron chi connectivity index (χ1n) is 3.41. The smallest absolute Gasteiger partial charge is 0.359 e. The molecule has 1 atom stereocenters. The second-order valence-corrected chi connectivity index (χ2v) is 4.31. The predicted molar refractivity (Wildman–Crippen MR) is 39.8 cm³/mol. The summed E-state index contributed by atoms with van der Waals surface area (Å²) in [6, 6.07) is 0. The Morgan fingerprint density at radius 2 is 2.08 bits per heavy atom. The first kappa shape index (κ1) is 10.2. The summed E-state index contributed by atoms with van der Waals surface area (Å²) < 4.78 is 10.7. The van der Waals surface area contributed by atoms with Gasteiger partial charge in [0.1, 0.15) is 0 Å². The largest absolute Gasteiger partial charge is 0.479 e. The minimum absolute atomic E-state index is 0.0842. The number of carbonyl (C=O) groups is 2. The zero-order valence-corrected chi connectivity index (χ0v) is 7.35. The van der Waals surface area contributed by atoms with E-state index in [2.05, 4.69) is 0 Å². The van der Waals surface area contributed by atoms with E-state index in [4.69, 9.17) is 14.9 Å². The topological polar surface area (TPSA) is 115 Å². The van der Waals surface area contributed by atoms with Crippen molar-refractivity contribution in [1.29, 1.82) is 0 Å². The number of hydrogen-bond acceptors (Lipinski definition) is 3. The Kier molecular flexibility index (Phi) is 2.42. The van der Waals surface area contributed by atoms with Crippen LogP contribution in [0, 0.1) is 0 Å². The molecule has 1 aliphatic rings. The normalized spacial score (nSPS) is 19.5. The third-order valence-electron chi connectivity index (χ3n) is 1.72. The van der Waals surface area contributed by atoms with E-state index in [1.54, 1.807) is 0 Å². The zero-order chi connectivity index (χ0) is 10.2. The van der Waals surface area contributed by atoms with Gasteiger partial charge in [-0.15, -0.1) is 0 Å². The fourth-order valence-electron chi connectivity index (χ4n) is 1.05. The van der Waals surface area contributed by atoms with Crippen molar-refractivity contribution in [3.8, 4) is 0 Å². The molecule has 1 fully saturated rings. The Morgan fingerprint density at radius 3 is 2.15 bits per heavy atom. The molecular formula is C5H8NO6P. The van der Waals surface area contributed by atoms with E-state index in [1.807, 2.05) is 0 Å². The summed E-state index contributed by atoms with van der Waals surface area (Å²) in [4.78, 5) is 39.1. The fourth-order valence-corrected chi connectivity index (χ4v) is 1.94. The molecule has 13 heavy (non-hydrogen) atoms. The van der Waals surface area contributed by atoms with Crippen LogP contribution in [-0.2, 0) is 14.2 Å². The summed E-state index contributed by atoms with van der Waals surface area (Å²) >= 11 is 0. The van der Waals surface area contributed by atoms with Crippen LogP contribution in [0.2, 0.25) is 0 Å². The summed E-state index contributed by atoms with van der Waals surface area (Å²) in [6.45, 7) is 0.0842. The molecule has 7 nitrogen and oxygen atoms in total. The van der Waals surface area contributed by atoms with Crippen LogP contribution in [0.25, 0.3) is 0 Å². The maximum atomic E-state index is 10.7. The van der Waals surface area contributed by atoms with E-state index in [-0.39, 0.29) is 13.0 Å². The van der Waals surface area contributed by atoms with Crippen molar-refractivity contribution in [1.82, 2.24) is 4.90 Å². The quantitative estimate of drug-likeness (QED) is 0.397. The standard InChI is InChI=1S/C5H8NO6P/c7-3-1-2-6(3)4(5(8)9)13(10,11)12/h4H,1-2H2,(H,8,9)(H2,10,11,12). The molecule has 0 aromatic heterocycles. The van der Waals surface area contributed by atoms with Crippen LogP contribution in [0.4, 0.5) is 0 Å². The Balaban J connectivity index is 2.87. The van der Waals surface area contributed by atoms with Crippen LogP contribution < -0.4 is 0 Å². The van der Waals surface area contributed by atoms with Gasteiger partial charge in [-0.1, -0.05) is 0 Å². The van der Waals surface area contributed by atoms with Gasteiger partial charge in [-0.05, 0) is 0 Å². The molecule has 0 bridgehead atoms. The molecule has 1 rings (SSSR count). The van der Waals surface area contributed by atoms with E-state index in [0.29, 0.717) is 4.90 Å². The van der Waals surface area contributed by atoms with Crippen LogP contribution >= 0.6 is 7.60 Å². The van der Waals surface area contributed by atoms with Crippen LogP contribution in [-0.4, -0.2) is 44.0 Å². The second kappa shape index (κ2) is 3.10. The predicted octanol–water partition coefficient (Wildman–Crippen LogP) is -1.19. The van der Waals surface area contributed by atoms with Gasteiger partial charge in [-0.25, -0.2) is 4.79 Å². The van der Waals surface area contributed by atoms with Gasteiger partial charge in [-0.2, -0.15) is 0 Å². The van der Waals surface area contributed by atoms with Crippen molar-refractivity contribution in [2.75, 3.05) is 6.54 Å². The van der Waals surface area contributed by atoms with E-state index in [0.717, 1.165) is 0 Å². The second-order valence-electron chi connectivity index (χ2n) is 2.64. The molecule has 74 valence electrons. The van der Waals surface area contributed by atoms with Crippen molar-refractivity contribution in [3.63, 3.8) is 0 Å². The van der Waals surface area contributed by atoms with E-state index < -0.39 is 25.3 Å². The monoisotopic (exact) mass is 209 g/mol. The Bertz CT molecular complexity index is 295. The third-order valence-corrected chi connectivity index (χ3v) is 2.86. The Hall–Kier alpha value is -0.910. The van der Waals surface area contributed by atoms with E-state index >= 15 is 0 Å². The van der Waals surface area contributed by atoms with Gasteiger partial charge >= 0.3 is 13.6 Å². The van der Waals surface area contributed by atoms with Gasteiger partial charge in [0.15, 0.2) is 0 Å². The average molecular weight is 209 g/mol. The van der Waals surface area contributed by atoms with Crippen molar-refractivity contribution in [2.45, 2.75) is 12.2 Å². The number of aliphatic carboxylic acids is 1. The van der Waals surface area contributed by atoms with Gasteiger partial charge < -0.3 is 19.8 Å². The van der Waals surface area contributed by atoms with Crippen molar-refractivity contribution in [3.05, 3.63) is 0 Å². The number of hydrogen-bond donors (Lipinski definition) is 3. The van der Waals surface area contributed by atoms with Crippen LogP contribution in [0.1, 0.15) is 6.42 Å². The highest BCUT2D eigenvalue weighted by molar-refractivity contribution is 7.53. The van der Waals surface area contributed by atoms with Crippen molar-refractivity contribution >= 4 is 19.5 Å². The molecule has 0 radical (unpaired) electrons. The first-order valence-corrected chi connectivity index (χ1v) is 5.09. The number of likely N-dealkylation sites (tertiary alicyclic amines) is 1. The molecule has 0 saturated carbocycles. The number of carbonyl (C=O) groups excluding carboxylic acids is 1. The van der Waals surface area contributed by atoms with Crippen molar-refractivity contribution in [2.24, 2.45) is 0 Å². The lowest BCUT2D eigenvalue weighted by Gasteiger charge is -2.35. The molecule has 8 heteroatoms. The molecule has 0 aromatic rings. The van der Waals surface area contributed by atoms with Gasteiger partial charge in [0, 0.05) is 13.0 Å². The first-order chi connectivity index (χ1) is 5.84. The molecule has 1 aliphatic heterocycles. The van der Waals surface area contributed by atoms with Crippen molar-refractivity contribution < 1.29 is 29.0 Å². The minimum atomic E-state index is -4.79. The minimum Gasteiger partial charge on any atom is -0.479 e. The maximum absolute atomic E-state index is 10.7. The Morgan fingerprint density at radius 1 is 1.54 bits per heavy atom. The summed E-state index contributed by atoms with van der Waals surface area (Å²) in [6.07, 6.45) is 0.143. The number of carboxylic acid groups (broad SMARTS) is 1. The molecule has 1 heterocycles. The van der Waals surface area contributed by atoms with E-state index in [9.17, 15) is 14.2 Å². The summed E-state index contributed by atoms with van der Waals surface area (Å²) in [5.74, 6) is -4.24. The number of nitrogens with zero attached hydrogens (tertiary/aromatic N) is 1. The molecular weight excluding hydrogens is 201 g/mol. The third kappa shape index (κ3) is 1.88. The molecule has 3 N–H and O–H groups in total.